The van der Waals surface area contributed by atoms with Crippen molar-refractivity contribution in [2.45, 2.75) is 38.3 Å². The average Bonchev–Trinajstić information content (AvgIpc) is 2.25. The smallest absolute Gasteiger partial charge is 0.0929 e. The van der Waals surface area contributed by atoms with Gasteiger partial charge in [-0.15, -0.1) is 0 Å². The Balaban J connectivity index is 2.44. The van der Waals surface area contributed by atoms with Crippen LogP contribution < -0.4 is 0 Å². The van der Waals surface area contributed by atoms with Crippen molar-refractivity contribution in [3.63, 3.8) is 0 Å². The van der Waals surface area contributed by atoms with Gasteiger partial charge in [0.25, 0.3) is 0 Å². The molecule has 0 spiro atoms. The predicted octanol–water partition coefficient (Wildman–Crippen LogP) is 0.231. The summed E-state index contributed by atoms with van der Waals surface area (Å²) in [5.41, 5.74) is 0. The van der Waals surface area contributed by atoms with Crippen molar-refractivity contribution in [3.8, 4) is 0 Å². The summed E-state index contributed by atoms with van der Waals surface area (Å²) in [6.07, 6.45) is 2.72. The molecule has 1 aliphatic heterocycles. The summed E-state index contributed by atoms with van der Waals surface area (Å²) in [7, 11) is 0. The lowest BCUT2D eigenvalue weighted by atomic mass is 10.0. The third-order valence-corrected chi connectivity index (χ3v) is 2.95. The predicted molar refractivity (Wildman–Crippen MR) is 58.8 cm³/mol. The minimum absolute atomic E-state index is 0.161. The number of aliphatic hydroxyl groups excluding tert-OH is 2. The SMILES string of the molecule is CCCCN(CCO)C1CCOCC1O. The second-order valence-corrected chi connectivity index (χ2v) is 4.11. The fourth-order valence-corrected chi connectivity index (χ4v) is 2.07. The molecule has 0 aromatic carbocycles. The van der Waals surface area contributed by atoms with Crippen molar-refractivity contribution in [1.82, 2.24) is 4.90 Å². The molecule has 0 amide bonds. The van der Waals surface area contributed by atoms with E-state index in [1.165, 1.54) is 0 Å². The van der Waals surface area contributed by atoms with Crippen molar-refractivity contribution in [3.05, 3.63) is 0 Å². The standard InChI is InChI=1S/C11H23NO3/c1-2-3-5-12(6-7-13)10-4-8-15-9-11(10)14/h10-11,13-14H,2-9H2,1H3. The number of aliphatic hydroxyl groups is 2. The van der Waals surface area contributed by atoms with Crippen LogP contribution in [0.2, 0.25) is 0 Å². The van der Waals surface area contributed by atoms with Gasteiger partial charge >= 0.3 is 0 Å². The van der Waals surface area contributed by atoms with E-state index in [1.54, 1.807) is 0 Å². The van der Waals surface area contributed by atoms with E-state index >= 15 is 0 Å². The van der Waals surface area contributed by atoms with Crippen LogP contribution in [0.15, 0.2) is 0 Å². The Morgan fingerprint density at radius 3 is 2.80 bits per heavy atom. The molecule has 0 aromatic rings. The van der Waals surface area contributed by atoms with Gasteiger partial charge in [0.05, 0.1) is 19.3 Å². The summed E-state index contributed by atoms with van der Waals surface area (Å²) >= 11 is 0. The molecular formula is C11H23NO3. The largest absolute Gasteiger partial charge is 0.395 e. The summed E-state index contributed by atoms with van der Waals surface area (Å²) in [4.78, 5) is 2.19. The molecule has 1 fully saturated rings. The number of rotatable bonds is 6. The zero-order chi connectivity index (χ0) is 11.1. The Labute approximate surface area is 91.8 Å². The van der Waals surface area contributed by atoms with Crippen LogP contribution in [0.1, 0.15) is 26.2 Å². The highest BCUT2D eigenvalue weighted by Gasteiger charge is 2.28. The van der Waals surface area contributed by atoms with Gasteiger partial charge in [0.1, 0.15) is 0 Å². The molecule has 4 nitrogen and oxygen atoms in total. The summed E-state index contributed by atoms with van der Waals surface area (Å²) < 4.78 is 5.21. The van der Waals surface area contributed by atoms with Crippen LogP contribution in [0.4, 0.5) is 0 Å². The summed E-state index contributed by atoms with van der Waals surface area (Å²) in [6.45, 7) is 5.07. The summed E-state index contributed by atoms with van der Waals surface area (Å²) in [5.74, 6) is 0. The average molecular weight is 217 g/mol. The molecule has 0 radical (unpaired) electrons. The molecule has 15 heavy (non-hydrogen) atoms. The molecule has 1 heterocycles. The lowest BCUT2D eigenvalue weighted by molar-refractivity contribution is -0.0672. The van der Waals surface area contributed by atoms with Gasteiger partial charge < -0.3 is 14.9 Å². The van der Waals surface area contributed by atoms with E-state index in [4.69, 9.17) is 9.84 Å². The van der Waals surface area contributed by atoms with Gasteiger partial charge in [0.2, 0.25) is 0 Å². The summed E-state index contributed by atoms with van der Waals surface area (Å²) in [6, 6.07) is 0.164. The van der Waals surface area contributed by atoms with Gasteiger partial charge in [-0.3, -0.25) is 4.90 Å². The molecule has 90 valence electrons. The monoisotopic (exact) mass is 217 g/mol. The van der Waals surface area contributed by atoms with Gasteiger partial charge in [-0.25, -0.2) is 0 Å². The molecule has 2 atom stereocenters. The van der Waals surface area contributed by atoms with Gasteiger partial charge in [-0.2, -0.15) is 0 Å². The zero-order valence-electron chi connectivity index (χ0n) is 9.56. The third kappa shape index (κ3) is 4.07. The first kappa shape index (κ1) is 12.9. The Bertz CT molecular complexity index is 166. The molecule has 2 unspecified atom stereocenters. The number of unbranched alkanes of at least 4 members (excludes halogenated alkanes) is 1. The van der Waals surface area contributed by atoms with Crippen LogP contribution in [-0.2, 0) is 4.74 Å². The maximum absolute atomic E-state index is 9.82. The molecule has 1 rings (SSSR count). The Morgan fingerprint density at radius 2 is 2.20 bits per heavy atom. The van der Waals surface area contributed by atoms with Gasteiger partial charge in [-0.05, 0) is 19.4 Å². The normalized spacial score (nSPS) is 27.2. The van der Waals surface area contributed by atoms with E-state index in [9.17, 15) is 5.11 Å². The maximum Gasteiger partial charge on any atom is 0.0929 e. The Hall–Kier alpha value is -0.160. The van der Waals surface area contributed by atoms with E-state index in [1.807, 2.05) is 0 Å². The molecule has 0 aliphatic carbocycles. The van der Waals surface area contributed by atoms with Crippen molar-refractivity contribution < 1.29 is 14.9 Å². The second-order valence-electron chi connectivity index (χ2n) is 4.11. The molecule has 2 N–H and O–H groups in total. The highest BCUT2D eigenvalue weighted by atomic mass is 16.5. The number of nitrogens with zero attached hydrogens (tertiary/aromatic N) is 1. The van der Waals surface area contributed by atoms with Crippen LogP contribution in [0, 0.1) is 0 Å². The molecule has 0 saturated carbocycles. The first-order chi connectivity index (χ1) is 7.29. The van der Waals surface area contributed by atoms with E-state index in [0.29, 0.717) is 13.2 Å². The number of hydrogen-bond acceptors (Lipinski definition) is 4. The topological polar surface area (TPSA) is 52.9 Å². The minimum Gasteiger partial charge on any atom is -0.395 e. The molecule has 0 bridgehead atoms. The van der Waals surface area contributed by atoms with E-state index in [-0.39, 0.29) is 12.6 Å². The summed E-state index contributed by atoms with van der Waals surface area (Å²) in [5, 5.41) is 18.8. The van der Waals surface area contributed by atoms with Crippen LogP contribution in [-0.4, -0.2) is 60.2 Å². The quantitative estimate of drug-likeness (QED) is 0.669. The second kappa shape index (κ2) is 7.17. The van der Waals surface area contributed by atoms with Gasteiger partial charge in [0.15, 0.2) is 0 Å². The Kier molecular flexibility index (Phi) is 6.17. The van der Waals surface area contributed by atoms with Crippen LogP contribution in [0.25, 0.3) is 0 Å². The number of hydrogen-bond donors (Lipinski definition) is 2. The van der Waals surface area contributed by atoms with Crippen molar-refractivity contribution in [2.75, 3.05) is 32.9 Å². The molecule has 4 heteroatoms. The molecule has 0 aromatic heterocycles. The molecule has 1 saturated heterocycles. The first-order valence-corrected chi connectivity index (χ1v) is 5.90. The van der Waals surface area contributed by atoms with E-state index in [0.717, 1.165) is 32.4 Å². The molecular weight excluding hydrogens is 194 g/mol. The van der Waals surface area contributed by atoms with Crippen LogP contribution in [0.5, 0.6) is 0 Å². The molecule has 1 aliphatic rings. The lowest BCUT2D eigenvalue weighted by Crippen LogP contribution is -2.50. The van der Waals surface area contributed by atoms with Gasteiger partial charge in [0, 0.05) is 19.2 Å². The maximum atomic E-state index is 9.82. The third-order valence-electron chi connectivity index (χ3n) is 2.95. The van der Waals surface area contributed by atoms with Crippen LogP contribution >= 0.6 is 0 Å². The van der Waals surface area contributed by atoms with Crippen LogP contribution in [0.3, 0.4) is 0 Å². The first-order valence-electron chi connectivity index (χ1n) is 5.90. The van der Waals surface area contributed by atoms with E-state index in [2.05, 4.69) is 11.8 Å². The minimum atomic E-state index is -0.401. The van der Waals surface area contributed by atoms with E-state index < -0.39 is 6.10 Å². The fourth-order valence-electron chi connectivity index (χ4n) is 2.07. The van der Waals surface area contributed by atoms with Crippen molar-refractivity contribution in [1.29, 1.82) is 0 Å². The fraction of sp³-hybridized carbons (Fsp3) is 1.00. The lowest BCUT2D eigenvalue weighted by Gasteiger charge is -2.37. The highest BCUT2D eigenvalue weighted by molar-refractivity contribution is 4.81. The Morgan fingerprint density at radius 1 is 1.40 bits per heavy atom. The zero-order valence-corrected chi connectivity index (χ0v) is 9.56. The highest BCUT2D eigenvalue weighted by Crippen LogP contribution is 2.15. The van der Waals surface area contributed by atoms with Gasteiger partial charge in [-0.1, -0.05) is 13.3 Å². The van der Waals surface area contributed by atoms with Crippen molar-refractivity contribution in [2.24, 2.45) is 0 Å². The van der Waals surface area contributed by atoms with Crippen molar-refractivity contribution >= 4 is 0 Å². The number of ether oxygens (including phenoxy) is 1.